The summed E-state index contributed by atoms with van der Waals surface area (Å²) in [5.41, 5.74) is 4.10. The van der Waals surface area contributed by atoms with Crippen molar-refractivity contribution in [2.75, 3.05) is 13.7 Å². The van der Waals surface area contributed by atoms with Gasteiger partial charge in [-0.3, -0.25) is 4.79 Å². The average Bonchev–Trinajstić information content (AvgIpc) is 2.93. The number of rotatable bonds is 5. The summed E-state index contributed by atoms with van der Waals surface area (Å²) in [6.07, 6.45) is 0.144. The summed E-state index contributed by atoms with van der Waals surface area (Å²) >= 11 is 1.53. The Labute approximate surface area is 126 Å². The number of aryl methyl sites for hydroxylation is 1. The van der Waals surface area contributed by atoms with Crippen molar-refractivity contribution in [3.8, 4) is 22.3 Å². The van der Waals surface area contributed by atoms with E-state index in [2.05, 4.69) is 15.8 Å². The summed E-state index contributed by atoms with van der Waals surface area (Å²) in [7, 11) is 1.33. The van der Waals surface area contributed by atoms with Crippen molar-refractivity contribution in [1.82, 2.24) is 4.98 Å². The molecule has 2 rings (SSSR count). The van der Waals surface area contributed by atoms with Crippen LogP contribution in [0.3, 0.4) is 0 Å². The van der Waals surface area contributed by atoms with E-state index in [4.69, 9.17) is 10.00 Å². The number of nitrogens with zero attached hydrogens (tertiary/aromatic N) is 2. The molecule has 0 saturated heterocycles. The smallest absolute Gasteiger partial charge is 0.308 e. The summed E-state index contributed by atoms with van der Waals surface area (Å²) in [5.74, 6) is 0.120. The van der Waals surface area contributed by atoms with Crippen LogP contribution >= 0.6 is 11.3 Å². The molecule has 2 aromatic rings. The van der Waals surface area contributed by atoms with Gasteiger partial charge in [0.25, 0.3) is 0 Å². The molecule has 0 aliphatic heterocycles. The zero-order valence-electron chi connectivity index (χ0n) is 11.8. The van der Waals surface area contributed by atoms with E-state index < -0.39 is 0 Å². The Bertz CT molecular complexity index is 688. The predicted octanol–water partition coefficient (Wildman–Crippen LogP) is 2.93. The molecule has 0 N–H and O–H groups in total. The molecule has 0 amide bonds. The van der Waals surface area contributed by atoms with Gasteiger partial charge in [-0.25, -0.2) is 4.98 Å². The molecule has 1 aromatic carbocycles. The van der Waals surface area contributed by atoms with E-state index in [9.17, 15) is 4.79 Å². The second-order valence-corrected chi connectivity index (χ2v) is 5.12. The van der Waals surface area contributed by atoms with Gasteiger partial charge in [0.2, 0.25) is 0 Å². The molecule has 0 aliphatic rings. The van der Waals surface area contributed by atoms with Gasteiger partial charge in [0.15, 0.2) is 0 Å². The van der Waals surface area contributed by atoms with Crippen LogP contribution in [0.4, 0.5) is 0 Å². The third kappa shape index (κ3) is 3.58. The largest absolute Gasteiger partial charge is 0.492 e. The fourth-order valence-corrected chi connectivity index (χ4v) is 2.60. The van der Waals surface area contributed by atoms with Gasteiger partial charge in [-0.05, 0) is 24.6 Å². The summed E-state index contributed by atoms with van der Waals surface area (Å²) in [6.45, 7) is 2.11. The van der Waals surface area contributed by atoms with Gasteiger partial charge in [-0.2, -0.15) is 5.26 Å². The molecule has 1 heterocycles. The van der Waals surface area contributed by atoms with E-state index in [1.165, 1.54) is 18.4 Å². The highest BCUT2D eigenvalue weighted by Crippen LogP contribution is 2.31. The Morgan fingerprint density at radius 2 is 2.29 bits per heavy atom. The number of aromatic nitrogens is 1. The van der Waals surface area contributed by atoms with E-state index in [1.54, 1.807) is 17.6 Å². The van der Waals surface area contributed by atoms with Crippen molar-refractivity contribution < 1.29 is 14.3 Å². The maximum atomic E-state index is 11.1. The monoisotopic (exact) mass is 302 g/mol. The molecule has 0 aliphatic carbocycles. The topological polar surface area (TPSA) is 72.2 Å². The fourth-order valence-electron chi connectivity index (χ4n) is 1.80. The number of benzene rings is 1. The van der Waals surface area contributed by atoms with E-state index in [1.807, 2.05) is 13.0 Å². The lowest BCUT2D eigenvalue weighted by Gasteiger charge is -2.09. The number of thiazole rings is 1. The average molecular weight is 302 g/mol. The quantitative estimate of drug-likeness (QED) is 0.794. The number of nitriles is 1. The first-order valence-corrected chi connectivity index (χ1v) is 7.18. The van der Waals surface area contributed by atoms with Gasteiger partial charge >= 0.3 is 5.97 Å². The van der Waals surface area contributed by atoms with Gasteiger partial charge in [0, 0.05) is 0 Å². The Morgan fingerprint density at radius 1 is 1.48 bits per heavy atom. The molecule has 0 fully saturated rings. The first-order chi connectivity index (χ1) is 10.2. The Kier molecular flexibility index (Phi) is 4.90. The maximum absolute atomic E-state index is 11.1. The van der Waals surface area contributed by atoms with Gasteiger partial charge < -0.3 is 9.47 Å². The summed E-state index contributed by atoms with van der Waals surface area (Å²) in [4.78, 5) is 16.3. The van der Waals surface area contributed by atoms with Crippen LogP contribution in [0.1, 0.15) is 17.7 Å². The molecule has 108 valence electrons. The standard InChI is InChI=1S/C15H14N2O3S/c1-10-15(21-9-17-10)11-3-4-12(8-16)13(7-11)20-6-5-14(18)19-2/h3-4,7,9H,5-6H2,1-2H3. The molecule has 0 unspecified atom stereocenters. The lowest BCUT2D eigenvalue weighted by Crippen LogP contribution is -2.08. The van der Waals surface area contributed by atoms with Crippen LogP contribution in [0.15, 0.2) is 23.7 Å². The maximum Gasteiger partial charge on any atom is 0.308 e. The molecule has 0 radical (unpaired) electrons. The SMILES string of the molecule is COC(=O)CCOc1cc(-c2scnc2C)ccc1C#N. The van der Waals surface area contributed by atoms with Crippen LogP contribution in [0, 0.1) is 18.3 Å². The predicted molar refractivity (Wildman–Crippen MR) is 79.1 cm³/mol. The highest BCUT2D eigenvalue weighted by atomic mass is 32.1. The third-order valence-corrected chi connectivity index (χ3v) is 3.88. The molecule has 0 saturated carbocycles. The number of hydrogen-bond donors (Lipinski definition) is 0. The van der Waals surface area contributed by atoms with Gasteiger partial charge in [0.05, 0.1) is 41.8 Å². The number of ether oxygens (including phenoxy) is 2. The lowest BCUT2D eigenvalue weighted by atomic mass is 10.1. The van der Waals surface area contributed by atoms with Crippen LogP contribution in [-0.4, -0.2) is 24.7 Å². The van der Waals surface area contributed by atoms with Gasteiger partial charge in [-0.1, -0.05) is 6.07 Å². The van der Waals surface area contributed by atoms with Crippen molar-refractivity contribution in [2.24, 2.45) is 0 Å². The van der Waals surface area contributed by atoms with Gasteiger partial charge in [0.1, 0.15) is 11.8 Å². The normalized spacial score (nSPS) is 9.95. The highest BCUT2D eigenvalue weighted by molar-refractivity contribution is 7.13. The number of hydrogen-bond acceptors (Lipinski definition) is 6. The first-order valence-electron chi connectivity index (χ1n) is 6.30. The minimum absolute atomic E-state index is 0.144. The van der Waals surface area contributed by atoms with Crippen LogP contribution in [0.2, 0.25) is 0 Å². The summed E-state index contributed by atoms with van der Waals surface area (Å²) in [5, 5.41) is 9.12. The molecule has 21 heavy (non-hydrogen) atoms. The number of carbonyl (C=O) groups excluding carboxylic acids is 1. The van der Waals surface area contributed by atoms with Crippen molar-refractivity contribution >= 4 is 17.3 Å². The number of methoxy groups -OCH3 is 1. The Balaban J connectivity index is 2.21. The Morgan fingerprint density at radius 3 is 2.90 bits per heavy atom. The van der Waals surface area contributed by atoms with Crippen molar-refractivity contribution in [2.45, 2.75) is 13.3 Å². The zero-order chi connectivity index (χ0) is 15.2. The minimum atomic E-state index is -0.344. The lowest BCUT2D eigenvalue weighted by molar-refractivity contribution is -0.141. The molecule has 5 nitrogen and oxygen atoms in total. The van der Waals surface area contributed by atoms with Crippen molar-refractivity contribution in [3.63, 3.8) is 0 Å². The van der Waals surface area contributed by atoms with Gasteiger partial charge in [-0.15, -0.1) is 11.3 Å². The van der Waals surface area contributed by atoms with E-state index in [0.29, 0.717) is 11.3 Å². The number of esters is 1. The van der Waals surface area contributed by atoms with Crippen LogP contribution in [0.25, 0.3) is 10.4 Å². The van der Waals surface area contributed by atoms with E-state index >= 15 is 0 Å². The Hall–Kier alpha value is -2.39. The second kappa shape index (κ2) is 6.86. The summed E-state index contributed by atoms with van der Waals surface area (Å²) in [6, 6.07) is 7.46. The zero-order valence-corrected chi connectivity index (χ0v) is 12.6. The second-order valence-electron chi connectivity index (χ2n) is 4.26. The third-order valence-electron chi connectivity index (χ3n) is 2.90. The molecule has 0 spiro atoms. The minimum Gasteiger partial charge on any atom is -0.492 e. The summed E-state index contributed by atoms with van der Waals surface area (Å²) < 4.78 is 10.1. The van der Waals surface area contributed by atoms with Crippen LogP contribution < -0.4 is 4.74 Å². The van der Waals surface area contributed by atoms with Crippen molar-refractivity contribution in [3.05, 3.63) is 35.0 Å². The van der Waals surface area contributed by atoms with Crippen LogP contribution in [-0.2, 0) is 9.53 Å². The van der Waals surface area contributed by atoms with Crippen molar-refractivity contribution in [1.29, 1.82) is 5.26 Å². The first kappa shape index (κ1) is 15.0. The fraction of sp³-hybridized carbons (Fsp3) is 0.267. The number of carbonyl (C=O) groups is 1. The van der Waals surface area contributed by atoms with Crippen LogP contribution in [0.5, 0.6) is 5.75 Å². The molecule has 0 bridgehead atoms. The molecule has 6 heteroatoms. The molecule has 0 atom stereocenters. The van der Waals surface area contributed by atoms with E-state index in [-0.39, 0.29) is 19.0 Å². The molecular weight excluding hydrogens is 288 g/mol. The highest BCUT2D eigenvalue weighted by Gasteiger charge is 2.10. The molecule has 1 aromatic heterocycles. The molecular formula is C15H14N2O3S. The van der Waals surface area contributed by atoms with E-state index in [0.717, 1.165) is 16.1 Å².